The number of sulfone groups is 1. The van der Waals surface area contributed by atoms with Crippen LogP contribution in [0, 0.1) is 0 Å². The number of hydrogen-bond acceptors (Lipinski definition) is 5. The molecule has 0 N–H and O–H groups in total. The van der Waals surface area contributed by atoms with Gasteiger partial charge in [0.1, 0.15) is 17.1 Å². The lowest BCUT2D eigenvalue weighted by atomic mass is 10.1. The van der Waals surface area contributed by atoms with E-state index in [4.69, 9.17) is 8.83 Å². The fourth-order valence-corrected chi connectivity index (χ4v) is 3.45. The van der Waals surface area contributed by atoms with E-state index in [-0.39, 0.29) is 4.90 Å². The van der Waals surface area contributed by atoms with Crippen LogP contribution in [0.25, 0.3) is 33.6 Å². The molecule has 4 rings (SSSR count). The Labute approximate surface area is 149 Å². The first kappa shape index (κ1) is 16.4. The van der Waals surface area contributed by atoms with Crippen LogP contribution in [0.5, 0.6) is 0 Å². The molecule has 2 aromatic heterocycles. The lowest BCUT2D eigenvalue weighted by Crippen LogP contribution is -1.97. The summed E-state index contributed by atoms with van der Waals surface area (Å²) in [5.74, 6) is 1.12. The molecule has 0 amide bonds. The fraction of sp³-hybridized carbons (Fsp3) is 0.0500. The normalized spacial score (nSPS) is 11.7. The van der Waals surface area contributed by atoms with Crippen LogP contribution in [0.1, 0.15) is 0 Å². The summed E-state index contributed by atoms with van der Waals surface area (Å²) < 4.78 is 34.2. The maximum atomic E-state index is 11.8. The van der Waals surface area contributed by atoms with Crippen LogP contribution in [-0.2, 0) is 9.84 Å². The number of furan rings is 1. The molecule has 5 nitrogen and oxygen atoms in total. The third kappa shape index (κ3) is 2.95. The van der Waals surface area contributed by atoms with Gasteiger partial charge in [0.05, 0.1) is 4.90 Å². The second kappa shape index (κ2) is 6.00. The van der Waals surface area contributed by atoms with Crippen LogP contribution in [-0.4, -0.2) is 14.7 Å². The van der Waals surface area contributed by atoms with Gasteiger partial charge < -0.3 is 8.83 Å². The number of para-hydroxylation sites is 1. The largest absolute Gasteiger partial charge is 0.456 e. The van der Waals surface area contributed by atoms with Gasteiger partial charge in [-0.25, -0.2) is 13.2 Å². The Hall–Kier alpha value is -3.12. The maximum Gasteiger partial charge on any atom is 0.336 e. The summed E-state index contributed by atoms with van der Waals surface area (Å²) in [6, 6.07) is 18.7. The van der Waals surface area contributed by atoms with Crippen molar-refractivity contribution in [1.29, 1.82) is 0 Å². The first-order valence-corrected chi connectivity index (χ1v) is 9.74. The maximum absolute atomic E-state index is 11.8. The predicted octanol–water partition coefficient (Wildman–Crippen LogP) is 4.12. The van der Waals surface area contributed by atoms with E-state index >= 15 is 0 Å². The molecular formula is C20H14O5S. The number of benzene rings is 2. The van der Waals surface area contributed by atoms with Crippen LogP contribution in [0.4, 0.5) is 0 Å². The highest BCUT2D eigenvalue weighted by molar-refractivity contribution is 7.90. The Balaban J connectivity index is 1.79. The number of fused-ring (bicyclic) bond motifs is 1. The van der Waals surface area contributed by atoms with Gasteiger partial charge in [-0.3, -0.25) is 0 Å². The Bertz CT molecular complexity index is 1260. The Morgan fingerprint density at radius 1 is 0.808 bits per heavy atom. The van der Waals surface area contributed by atoms with Crippen molar-refractivity contribution in [3.05, 3.63) is 77.2 Å². The van der Waals surface area contributed by atoms with E-state index < -0.39 is 15.5 Å². The topological polar surface area (TPSA) is 77.5 Å². The number of rotatable bonds is 3. The van der Waals surface area contributed by atoms with Crippen LogP contribution >= 0.6 is 0 Å². The average Bonchev–Trinajstić information content (AvgIpc) is 3.10. The van der Waals surface area contributed by atoms with Crippen molar-refractivity contribution in [2.75, 3.05) is 6.26 Å². The van der Waals surface area contributed by atoms with Gasteiger partial charge in [0.25, 0.3) is 0 Å². The van der Waals surface area contributed by atoms with Gasteiger partial charge in [0, 0.05) is 28.8 Å². The summed E-state index contributed by atoms with van der Waals surface area (Å²) in [7, 11) is -3.24. The molecule has 0 radical (unpaired) electrons. The van der Waals surface area contributed by atoms with Crippen LogP contribution in [0.2, 0.25) is 0 Å². The van der Waals surface area contributed by atoms with E-state index in [2.05, 4.69) is 0 Å². The van der Waals surface area contributed by atoms with Gasteiger partial charge in [-0.2, -0.15) is 0 Å². The monoisotopic (exact) mass is 366 g/mol. The van der Waals surface area contributed by atoms with Crippen molar-refractivity contribution in [3.8, 4) is 22.6 Å². The molecule has 2 heterocycles. The van der Waals surface area contributed by atoms with E-state index in [1.807, 2.05) is 12.1 Å². The van der Waals surface area contributed by atoms with Gasteiger partial charge in [0.2, 0.25) is 0 Å². The summed E-state index contributed by atoms with van der Waals surface area (Å²) in [5, 5.41) is 0.778. The van der Waals surface area contributed by atoms with Crippen molar-refractivity contribution in [1.82, 2.24) is 0 Å². The minimum Gasteiger partial charge on any atom is -0.456 e. The van der Waals surface area contributed by atoms with Crippen molar-refractivity contribution < 1.29 is 17.3 Å². The smallest absolute Gasteiger partial charge is 0.336 e. The van der Waals surface area contributed by atoms with Gasteiger partial charge in [-0.1, -0.05) is 18.2 Å². The molecule has 6 heteroatoms. The molecule has 0 spiro atoms. The van der Waals surface area contributed by atoms with E-state index in [1.165, 1.54) is 12.3 Å². The quantitative estimate of drug-likeness (QED) is 0.510. The molecule has 0 bridgehead atoms. The summed E-state index contributed by atoms with van der Waals surface area (Å²) >= 11 is 0. The second-order valence-electron chi connectivity index (χ2n) is 5.94. The minimum absolute atomic E-state index is 0.250. The van der Waals surface area contributed by atoms with E-state index in [0.717, 1.165) is 10.9 Å². The van der Waals surface area contributed by atoms with Crippen LogP contribution in [0.3, 0.4) is 0 Å². The molecule has 26 heavy (non-hydrogen) atoms. The highest BCUT2D eigenvalue weighted by Gasteiger charge is 2.13. The molecule has 0 saturated heterocycles. The molecular weight excluding hydrogens is 352 g/mol. The second-order valence-corrected chi connectivity index (χ2v) is 7.95. The summed E-state index contributed by atoms with van der Waals surface area (Å²) in [4.78, 5) is 12.1. The van der Waals surface area contributed by atoms with Crippen molar-refractivity contribution in [2.45, 2.75) is 4.90 Å². The van der Waals surface area contributed by atoms with E-state index in [9.17, 15) is 13.2 Å². The van der Waals surface area contributed by atoms with E-state index in [0.29, 0.717) is 22.7 Å². The van der Waals surface area contributed by atoms with Crippen LogP contribution in [0.15, 0.2) is 85.3 Å². The van der Waals surface area contributed by atoms with Gasteiger partial charge >= 0.3 is 5.63 Å². The van der Waals surface area contributed by atoms with Crippen molar-refractivity contribution in [2.24, 2.45) is 0 Å². The highest BCUT2D eigenvalue weighted by Crippen LogP contribution is 2.32. The molecule has 0 aliphatic heterocycles. The molecule has 4 aromatic rings. The average molecular weight is 366 g/mol. The third-order valence-corrected chi connectivity index (χ3v) is 5.22. The van der Waals surface area contributed by atoms with Gasteiger partial charge in [0.15, 0.2) is 9.84 Å². The lowest BCUT2D eigenvalue weighted by molar-refractivity contribution is 0.558. The number of hydrogen-bond donors (Lipinski definition) is 0. The van der Waals surface area contributed by atoms with Crippen molar-refractivity contribution in [3.63, 3.8) is 0 Å². The van der Waals surface area contributed by atoms with Gasteiger partial charge in [-0.15, -0.1) is 0 Å². The highest BCUT2D eigenvalue weighted by atomic mass is 32.2. The van der Waals surface area contributed by atoms with Crippen molar-refractivity contribution >= 4 is 20.8 Å². The molecule has 2 aromatic carbocycles. The Morgan fingerprint density at radius 3 is 2.23 bits per heavy atom. The standard InChI is InChI=1S/C20H14O5S/c1-26(22,23)14-8-6-13(7-9-14)17-10-11-19(24-17)16-12-20(21)25-18-5-3-2-4-15(16)18/h2-12H,1H3. The molecule has 130 valence electrons. The van der Waals surface area contributed by atoms with Crippen LogP contribution < -0.4 is 5.63 Å². The predicted molar refractivity (Wildman–Crippen MR) is 98.7 cm³/mol. The first-order valence-electron chi connectivity index (χ1n) is 7.85. The molecule has 0 unspecified atom stereocenters. The minimum atomic E-state index is -3.24. The zero-order valence-corrected chi connectivity index (χ0v) is 14.6. The van der Waals surface area contributed by atoms with E-state index in [1.54, 1.807) is 48.5 Å². The SMILES string of the molecule is CS(=O)(=O)c1ccc(-c2ccc(-c3cc(=O)oc4ccccc34)o2)cc1. The molecule has 0 aliphatic rings. The molecule has 0 saturated carbocycles. The molecule has 0 atom stereocenters. The summed E-state index contributed by atoms with van der Waals surface area (Å²) in [5.41, 5.74) is 1.44. The Morgan fingerprint density at radius 2 is 1.50 bits per heavy atom. The van der Waals surface area contributed by atoms with Gasteiger partial charge in [-0.05, 0) is 42.5 Å². The first-order chi connectivity index (χ1) is 12.4. The third-order valence-electron chi connectivity index (χ3n) is 4.09. The summed E-state index contributed by atoms with van der Waals surface area (Å²) in [6.45, 7) is 0. The zero-order chi connectivity index (χ0) is 18.3. The molecule has 0 fully saturated rings. The fourth-order valence-electron chi connectivity index (χ4n) is 2.82. The molecule has 0 aliphatic carbocycles. The lowest BCUT2D eigenvalue weighted by Gasteiger charge is -2.03. The zero-order valence-electron chi connectivity index (χ0n) is 13.8. The summed E-state index contributed by atoms with van der Waals surface area (Å²) in [6.07, 6.45) is 1.17. The Kier molecular flexibility index (Phi) is 3.77.